The summed E-state index contributed by atoms with van der Waals surface area (Å²) in [5, 5.41) is 13.0. The molecule has 2 aliphatic heterocycles. The third kappa shape index (κ3) is 7.03. The molecule has 2 heterocycles. The number of carbonyl (C=O) groups excluding carboxylic acids is 1. The Morgan fingerprint density at radius 2 is 1.85 bits per heavy atom. The van der Waals surface area contributed by atoms with Crippen LogP contribution in [0.25, 0.3) is 10.4 Å². The SMILES string of the molecule is [N-]=[N+]=Nc1ccccc1[C@@H]1OC(c2ccc(OCCCO)cc2)=N[C@]1(Cc1ccccc1Br)C(=O)NNCc1ccc2c(c1)OCO2. The zero-order valence-corrected chi connectivity index (χ0v) is 26.7. The van der Waals surface area contributed by atoms with Crippen LogP contribution in [0.2, 0.25) is 0 Å². The summed E-state index contributed by atoms with van der Waals surface area (Å²) in [6.07, 6.45) is -0.314. The Labute approximate surface area is 279 Å². The molecule has 240 valence electrons. The predicted molar refractivity (Wildman–Crippen MR) is 177 cm³/mol. The number of amides is 1. The first-order valence-electron chi connectivity index (χ1n) is 14.9. The Kier molecular flexibility index (Phi) is 9.89. The molecule has 0 fully saturated rings. The van der Waals surface area contributed by atoms with Gasteiger partial charge in [0.1, 0.15) is 5.75 Å². The number of aliphatic hydroxyl groups excluding tert-OH is 1. The van der Waals surface area contributed by atoms with E-state index in [-0.39, 0.29) is 25.7 Å². The minimum atomic E-state index is -1.54. The smallest absolute Gasteiger partial charge is 0.266 e. The lowest BCUT2D eigenvalue weighted by molar-refractivity contribution is -0.130. The maximum Gasteiger partial charge on any atom is 0.266 e. The van der Waals surface area contributed by atoms with Crippen LogP contribution in [0.4, 0.5) is 5.69 Å². The molecule has 3 N–H and O–H groups in total. The molecular weight excluding hydrogens is 668 g/mol. The molecular formula is C34H31BrN6O6. The molecule has 13 heteroatoms. The molecule has 4 aromatic rings. The standard InChI is InChI=1S/C34H31BrN6O6/c35-27-8-3-1-6-24(27)19-34(33(43)40-37-20-22-10-15-29-30(18-22)46-21-45-29)31(26-7-2-4-9-28(26)39-41-36)47-32(38-34)23-11-13-25(14-12-23)44-17-5-16-42/h1-4,6-15,18,31,37,42H,5,16-17,19-21H2,(H,40,43)/t31-,34-/m0/s1. The zero-order valence-electron chi connectivity index (χ0n) is 25.1. The van der Waals surface area contributed by atoms with E-state index in [1.807, 2.05) is 42.5 Å². The number of azide groups is 1. The number of hydrogen-bond donors (Lipinski definition) is 3. The maximum atomic E-state index is 14.5. The Balaban J connectivity index is 1.38. The number of nitrogens with one attached hydrogen (secondary N) is 2. The van der Waals surface area contributed by atoms with Gasteiger partial charge >= 0.3 is 0 Å². The van der Waals surface area contributed by atoms with Crippen molar-refractivity contribution in [1.29, 1.82) is 0 Å². The number of benzene rings is 4. The van der Waals surface area contributed by atoms with Crippen molar-refractivity contribution in [2.75, 3.05) is 20.0 Å². The first-order chi connectivity index (χ1) is 23.0. The topological polar surface area (TPSA) is 159 Å². The van der Waals surface area contributed by atoms with Crippen LogP contribution in [-0.4, -0.2) is 42.5 Å². The van der Waals surface area contributed by atoms with Gasteiger partial charge in [0, 0.05) is 52.2 Å². The molecule has 0 aliphatic carbocycles. The maximum absolute atomic E-state index is 14.5. The average Bonchev–Trinajstić information content (AvgIpc) is 3.72. The van der Waals surface area contributed by atoms with Gasteiger partial charge in [-0.2, -0.15) is 0 Å². The minimum Gasteiger partial charge on any atom is -0.494 e. The van der Waals surface area contributed by atoms with Crippen LogP contribution in [0.15, 0.2) is 106 Å². The number of rotatable bonds is 13. The van der Waals surface area contributed by atoms with E-state index in [9.17, 15) is 10.3 Å². The fourth-order valence-electron chi connectivity index (χ4n) is 5.43. The highest BCUT2D eigenvalue weighted by Crippen LogP contribution is 2.46. The average molecular weight is 700 g/mol. The number of carbonyl (C=O) groups is 1. The first kappa shape index (κ1) is 31.9. The molecule has 0 radical (unpaired) electrons. The third-order valence-electron chi connectivity index (χ3n) is 7.75. The first-order valence-corrected chi connectivity index (χ1v) is 15.7. The van der Waals surface area contributed by atoms with Crippen LogP contribution in [0.3, 0.4) is 0 Å². The van der Waals surface area contributed by atoms with Gasteiger partial charge in [0.2, 0.25) is 12.7 Å². The summed E-state index contributed by atoms with van der Waals surface area (Å²) in [6.45, 7) is 0.871. The molecule has 4 aromatic carbocycles. The van der Waals surface area contributed by atoms with Crippen LogP contribution in [0.5, 0.6) is 17.2 Å². The molecule has 0 saturated carbocycles. The molecule has 6 rings (SSSR count). The van der Waals surface area contributed by atoms with Gasteiger partial charge < -0.3 is 24.1 Å². The molecule has 47 heavy (non-hydrogen) atoms. The van der Waals surface area contributed by atoms with E-state index in [1.54, 1.807) is 48.5 Å². The van der Waals surface area contributed by atoms with Gasteiger partial charge in [-0.05, 0) is 59.1 Å². The lowest BCUT2D eigenvalue weighted by atomic mass is 9.81. The van der Waals surface area contributed by atoms with Crippen LogP contribution in [0.1, 0.15) is 34.8 Å². The molecule has 12 nitrogen and oxygen atoms in total. The van der Waals surface area contributed by atoms with Crippen molar-refractivity contribution in [3.05, 3.63) is 128 Å². The summed E-state index contributed by atoms with van der Waals surface area (Å²) in [5.41, 5.74) is 16.9. The fraction of sp³-hybridized carbons (Fsp3) is 0.235. The highest BCUT2D eigenvalue weighted by molar-refractivity contribution is 9.10. The van der Waals surface area contributed by atoms with Gasteiger partial charge in [-0.1, -0.05) is 69.6 Å². The van der Waals surface area contributed by atoms with Gasteiger partial charge in [-0.25, -0.2) is 10.4 Å². The number of fused-ring (bicyclic) bond motifs is 1. The summed E-state index contributed by atoms with van der Waals surface area (Å²) in [6, 6.07) is 27.3. The Morgan fingerprint density at radius 3 is 2.66 bits per heavy atom. The number of aliphatic imine (C=N–C) groups is 1. The Hall–Kier alpha value is -5.07. The highest BCUT2D eigenvalue weighted by atomic mass is 79.9. The normalized spacial score (nSPS) is 17.7. The van der Waals surface area contributed by atoms with E-state index in [0.717, 1.165) is 15.6 Å². The summed E-state index contributed by atoms with van der Waals surface area (Å²) in [4.78, 5) is 22.6. The van der Waals surface area contributed by atoms with E-state index >= 15 is 0 Å². The lowest BCUT2D eigenvalue weighted by Gasteiger charge is -2.31. The summed E-state index contributed by atoms with van der Waals surface area (Å²) in [5.74, 6) is 1.72. The van der Waals surface area contributed by atoms with Crippen molar-refractivity contribution in [1.82, 2.24) is 10.9 Å². The molecule has 0 saturated heterocycles. The van der Waals surface area contributed by atoms with Crippen molar-refractivity contribution in [3.8, 4) is 17.2 Å². The van der Waals surface area contributed by atoms with Gasteiger partial charge in [0.15, 0.2) is 23.1 Å². The number of hydrogen-bond acceptors (Lipinski definition) is 9. The largest absolute Gasteiger partial charge is 0.494 e. The molecule has 2 aliphatic rings. The monoisotopic (exact) mass is 698 g/mol. The van der Waals surface area contributed by atoms with E-state index in [4.69, 9.17) is 29.0 Å². The van der Waals surface area contributed by atoms with Crippen molar-refractivity contribution in [3.63, 3.8) is 0 Å². The number of nitrogens with zero attached hydrogens (tertiary/aromatic N) is 4. The summed E-state index contributed by atoms with van der Waals surface area (Å²) >= 11 is 3.64. The van der Waals surface area contributed by atoms with Gasteiger partial charge in [-0.3, -0.25) is 10.2 Å². The number of aliphatic hydroxyl groups is 1. The quantitative estimate of drug-likeness (QED) is 0.0493. The van der Waals surface area contributed by atoms with Crippen molar-refractivity contribution < 1.29 is 28.8 Å². The third-order valence-corrected chi connectivity index (χ3v) is 8.52. The second-order valence-electron chi connectivity index (χ2n) is 10.8. The Bertz CT molecular complexity index is 1830. The highest BCUT2D eigenvalue weighted by Gasteiger charge is 2.54. The molecule has 2 atom stereocenters. The van der Waals surface area contributed by atoms with Gasteiger partial charge in [0.05, 0.1) is 6.61 Å². The molecule has 0 bridgehead atoms. The van der Waals surface area contributed by atoms with Crippen LogP contribution in [0, 0.1) is 0 Å². The van der Waals surface area contributed by atoms with Crippen molar-refractivity contribution in [2.24, 2.45) is 10.1 Å². The van der Waals surface area contributed by atoms with Gasteiger partial charge in [-0.15, -0.1) is 0 Å². The molecule has 0 aromatic heterocycles. The van der Waals surface area contributed by atoms with Crippen LogP contribution in [-0.2, 0) is 22.5 Å². The Morgan fingerprint density at radius 1 is 1.06 bits per heavy atom. The second kappa shape index (κ2) is 14.6. The van der Waals surface area contributed by atoms with Crippen LogP contribution >= 0.6 is 15.9 Å². The number of ether oxygens (including phenoxy) is 4. The zero-order chi connectivity index (χ0) is 32.6. The summed E-state index contributed by atoms with van der Waals surface area (Å²) < 4.78 is 24.0. The van der Waals surface area contributed by atoms with E-state index in [1.165, 1.54) is 0 Å². The molecule has 1 amide bonds. The number of hydrazine groups is 1. The molecule has 0 unspecified atom stereocenters. The lowest BCUT2D eigenvalue weighted by Crippen LogP contribution is -2.53. The number of halogens is 1. The van der Waals surface area contributed by atoms with E-state index < -0.39 is 17.6 Å². The van der Waals surface area contributed by atoms with Crippen molar-refractivity contribution >= 4 is 33.4 Å². The predicted octanol–water partition coefficient (Wildman–Crippen LogP) is 6.20. The van der Waals surface area contributed by atoms with Crippen molar-refractivity contribution in [2.45, 2.75) is 31.0 Å². The molecule has 0 spiro atoms. The fourth-order valence-corrected chi connectivity index (χ4v) is 5.85. The van der Waals surface area contributed by atoms with E-state index in [0.29, 0.717) is 53.6 Å². The van der Waals surface area contributed by atoms with Crippen LogP contribution < -0.4 is 25.1 Å². The summed E-state index contributed by atoms with van der Waals surface area (Å²) in [7, 11) is 0. The van der Waals surface area contributed by atoms with E-state index in [2.05, 4.69) is 36.8 Å². The minimum absolute atomic E-state index is 0.0364. The second-order valence-corrected chi connectivity index (χ2v) is 11.7. The van der Waals surface area contributed by atoms with Gasteiger partial charge in [0.25, 0.3) is 5.91 Å².